The van der Waals surface area contributed by atoms with E-state index in [9.17, 15) is 0 Å². The van der Waals surface area contributed by atoms with Crippen LogP contribution in [0.1, 0.15) is 5.76 Å². The molecule has 1 aliphatic heterocycles. The Labute approximate surface area is 127 Å². The van der Waals surface area contributed by atoms with Crippen LogP contribution in [-0.2, 0) is 6.54 Å². The van der Waals surface area contributed by atoms with Gasteiger partial charge in [-0.05, 0) is 42.5 Å². The van der Waals surface area contributed by atoms with Crippen LogP contribution in [-0.4, -0.2) is 18.4 Å². The molecule has 0 saturated carbocycles. The van der Waals surface area contributed by atoms with Crippen molar-refractivity contribution in [3.05, 3.63) is 53.4 Å². The molecule has 1 unspecified atom stereocenters. The second-order valence-corrected chi connectivity index (χ2v) is 5.55. The van der Waals surface area contributed by atoms with Gasteiger partial charge in [-0.2, -0.15) is 0 Å². The summed E-state index contributed by atoms with van der Waals surface area (Å²) in [6.07, 6.45) is 1.70. The van der Waals surface area contributed by atoms with Crippen molar-refractivity contribution < 1.29 is 9.32 Å². The van der Waals surface area contributed by atoms with Gasteiger partial charge in [-0.15, -0.1) is 0 Å². The van der Waals surface area contributed by atoms with Crippen LogP contribution in [0.4, 0.5) is 5.69 Å². The number of rotatable bonds is 3. The zero-order valence-corrected chi connectivity index (χ0v) is 12.4. The van der Waals surface area contributed by atoms with Crippen molar-refractivity contribution in [1.82, 2.24) is 5.32 Å². The minimum atomic E-state index is 0.712. The Balaban J connectivity index is 1.75. The van der Waals surface area contributed by atoms with Gasteiger partial charge in [0.25, 0.3) is 0 Å². The summed E-state index contributed by atoms with van der Waals surface area (Å²) in [5.41, 5.74) is 1.01. The predicted octanol–water partition coefficient (Wildman–Crippen LogP) is 1.63. The van der Waals surface area contributed by atoms with Crippen LogP contribution in [0.25, 0.3) is 0 Å². The largest absolute Gasteiger partial charge is 0.463 e. The van der Waals surface area contributed by atoms with Crippen LogP contribution >= 0.6 is 23.8 Å². The molecule has 2 N–H and O–H groups in total. The molecular formula is C14H15ClN3OS+. The molecule has 3 rings (SSSR count). The molecule has 0 radical (unpaired) electrons. The molecule has 2 heterocycles. The lowest BCUT2D eigenvalue weighted by Gasteiger charge is -2.34. The third kappa shape index (κ3) is 2.95. The van der Waals surface area contributed by atoms with Gasteiger partial charge in [0.2, 0.25) is 0 Å². The maximum Gasteiger partial charge on any atom is 0.182 e. The van der Waals surface area contributed by atoms with Crippen molar-refractivity contribution in [3.8, 4) is 0 Å². The summed E-state index contributed by atoms with van der Waals surface area (Å²) in [5, 5.41) is 4.69. The normalized spacial score (nSPS) is 18.9. The number of nitrogens with zero attached hydrogens (tertiary/aromatic N) is 1. The summed E-state index contributed by atoms with van der Waals surface area (Å²) in [6.45, 7) is 2.39. The summed E-state index contributed by atoms with van der Waals surface area (Å²) in [4.78, 5) is 3.39. The molecule has 1 atom stereocenters. The molecule has 0 bridgehead atoms. The minimum absolute atomic E-state index is 0.712. The highest BCUT2D eigenvalue weighted by atomic mass is 35.5. The van der Waals surface area contributed by atoms with Crippen molar-refractivity contribution in [1.29, 1.82) is 0 Å². The van der Waals surface area contributed by atoms with E-state index in [2.05, 4.69) is 10.2 Å². The zero-order chi connectivity index (χ0) is 13.9. The number of furan rings is 1. The molecule has 0 amide bonds. The molecular weight excluding hydrogens is 294 g/mol. The van der Waals surface area contributed by atoms with Gasteiger partial charge in [-0.25, -0.2) is 0 Å². The minimum Gasteiger partial charge on any atom is -0.463 e. The molecule has 1 aromatic heterocycles. The van der Waals surface area contributed by atoms with E-state index in [1.54, 1.807) is 6.26 Å². The Morgan fingerprint density at radius 2 is 2.25 bits per heavy atom. The third-order valence-electron chi connectivity index (χ3n) is 3.24. The summed E-state index contributed by atoms with van der Waals surface area (Å²) in [5.74, 6) is 0.973. The van der Waals surface area contributed by atoms with Gasteiger partial charge in [-0.3, -0.25) is 9.80 Å². The number of thiocarbonyl (C=S) groups is 1. The van der Waals surface area contributed by atoms with E-state index in [0.29, 0.717) is 5.02 Å². The fourth-order valence-electron chi connectivity index (χ4n) is 2.28. The molecule has 2 aromatic rings. The molecule has 6 heteroatoms. The highest BCUT2D eigenvalue weighted by Gasteiger charge is 2.25. The number of quaternary nitrogens is 1. The van der Waals surface area contributed by atoms with E-state index in [4.69, 9.17) is 28.2 Å². The van der Waals surface area contributed by atoms with Crippen molar-refractivity contribution in [3.63, 3.8) is 0 Å². The van der Waals surface area contributed by atoms with Crippen molar-refractivity contribution in [2.24, 2.45) is 0 Å². The molecule has 1 aromatic carbocycles. The van der Waals surface area contributed by atoms with Crippen LogP contribution in [0.5, 0.6) is 0 Å². The fourth-order valence-corrected chi connectivity index (χ4v) is 2.70. The van der Waals surface area contributed by atoms with Gasteiger partial charge >= 0.3 is 0 Å². The molecule has 0 spiro atoms. The van der Waals surface area contributed by atoms with E-state index in [-0.39, 0.29) is 0 Å². The SMILES string of the molecule is S=C1NC[NH+](Cc2ccco2)CN1c1cccc(Cl)c1. The second kappa shape index (κ2) is 5.83. The molecule has 4 nitrogen and oxygen atoms in total. The van der Waals surface area contributed by atoms with E-state index in [0.717, 1.165) is 36.4 Å². The number of hydrogen-bond donors (Lipinski definition) is 2. The average molecular weight is 309 g/mol. The first kappa shape index (κ1) is 13.4. The fraction of sp³-hybridized carbons (Fsp3) is 0.214. The molecule has 1 fully saturated rings. The lowest BCUT2D eigenvalue weighted by molar-refractivity contribution is -0.917. The van der Waals surface area contributed by atoms with Crippen LogP contribution in [0.15, 0.2) is 47.1 Å². The molecule has 1 aliphatic rings. The van der Waals surface area contributed by atoms with Gasteiger partial charge in [0.05, 0.1) is 12.0 Å². The Kier molecular flexibility index (Phi) is 3.91. The molecule has 20 heavy (non-hydrogen) atoms. The lowest BCUT2D eigenvalue weighted by Crippen LogP contribution is -3.16. The van der Waals surface area contributed by atoms with Crippen molar-refractivity contribution in [2.75, 3.05) is 18.2 Å². The average Bonchev–Trinajstić information content (AvgIpc) is 2.94. The van der Waals surface area contributed by atoms with Crippen LogP contribution < -0.4 is 15.1 Å². The highest BCUT2D eigenvalue weighted by molar-refractivity contribution is 7.80. The van der Waals surface area contributed by atoms with E-state index in [1.165, 1.54) is 4.90 Å². The maximum absolute atomic E-state index is 6.05. The van der Waals surface area contributed by atoms with Gasteiger partial charge in [0, 0.05) is 5.02 Å². The van der Waals surface area contributed by atoms with Gasteiger partial charge in [-0.1, -0.05) is 17.7 Å². The number of nitrogens with one attached hydrogen (secondary N) is 2. The Morgan fingerprint density at radius 1 is 1.35 bits per heavy atom. The first-order valence-corrected chi connectivity index (χ1v) is 7.18. The van der Waals surface area contributed by atoms with E-state index in [1.807, 2.05) is 36.4 Å². The maximum atomic E-state index is 6.05. The summed E-state index contributed by atoms with van der Waals surface area (Å²) < 4.78 is 5.40. The van der Waals surface area contributed by atoms with Gasteiger partial charge in [0.1, 0.15) is 6.54 Å². The van der Waals surface area contributed by atoms with E-state index < -0.39 is 0 Å². The summed E-state index contributed by atoms with van der Waals surface area (Å²) in [6, 6.07) is 11.6. The van der Waals surface area contributed by atoms with Crippen LogP contribution in [0.2, 0.25) is 5.02 Å². The van der Waals surface area contributed by atoms with Gasteiger partial charge in [0.15, 0.2) is 24.2 Å². The first-order valence-electron chi connectivity index (χ1n) is 6.39. The number of halogens is 1. The molecule has 1 saturated heterocycles. The second-order valence-electron chi connectivity index (χ2n) is 4.73. The van der Waals surface area contributed by atoms with Gasteiger partial charge < -0.3 is 9.73 Å². The smallest absolute Gasteiger partial charge is 0.182 e. The third-order valence-corrected chi connectivity index (χ3v) is 3.84. The lowest BCUT2D eigenvalue weighted by atomic mass is 10.3. The predicted molar refractivity (Wildman–Crippen MR) is 82.8 cm³/mol. The van der Waals surface area contributed by atoms with E-state index >= 15 is 0 Å². The first-order chi connectivity index (χ1) is 9.72. The van der Waals surface area contributed by atoms with Crippen molar-refractivity contribution in [2.45, 2.75) is 6.54 Å². The standard InChI is InChI=1S/C14H14ClN3OS/c15-11-3-1-4-12(7-11)18-10-17(9-16-14(18)20)8-13-5-2-6-19-13/h1-7H,8-10H2,(H,16,20)/p+1. The molecule has 104 valence electrons. The highest BCUT2D eigenvalue weighted by Crippen LogP contribution is 2.19. The number of benzene rings is 1. The van der Waals surface area contributed by atoms with Crippen LogP contribution in [0, 0.1) is 0 Å². The summed E-state index contributed by atoms with van der Waals surface area (Å²) in [7, 11) is 0. The Hall–Kier alpha value is -1.56. The zero-order valence-electron chi connectivity index (χ0n) is 10.8. The number of hydrogen-bond acceptors (Lipinski definition) is 2. The monoisotopic (exact) mass is 308 g/mol. The quantitative estimate of drug-likeness (QED) is 0.844. The van der Waals surface area contributed by atoms with Crippen molar-refractivity contribution >= 4 is 34.6 Å². The van der Waals surface area contributed by atoms with Crippen LogP contribution in [0.3, 0.4) is 0 Å². The summed E-state index contributed by atoms with van der Waals surface area (Å²) >= 11 is 11.4. The Morgan fingerprint density at radius 3 is 3.00 bits per heavy atom. The Bertz CT molecular complexity index is 602. The number of anilines is 1. The molecule has 0 aliphatic carbocycles. The topological polar surface area (TPSA) is 32.9 Å².